The summed E-state index contributed by atoms with van der Waals surface area (Å²) in [5.74, 6) is 0. The van der Waals surface area contributed by atoms with Crippen LogP contribution in [0.4, 0.5) is 0 Å². The summed E-state index contributed by atoms with van der Waals surface area (Å²) in [5.41, 5.74) is 2.75. The van der Waals surface area contributed by atoms with E-state index >= 15 is 0 Å². The van der Waals surface area contributed by atoms with Gasteiger partial charge in [-0.1, -0.05) is 51.3 Å². The predicted molar refractivity (Wildman–Crippen MR) is 101 cm³/mol. The normalized spacial score (nSPS) is 17.2. The van der Waals surface area contributed by atoms with E-state index in [0.29, 0.717) is 0 Å². The number of nitrogens with zero attached hydrogens (tertiary/aromatic N) is 1. The van der Waals surface area contributed by atoms with E-state index in [4.69, 9.17) is 0 Å². The highest BCUT2D eigenvalue weighted by Crippen LogP contribution is 2.33. The number of benzene rings is 1. The van der Waals surface area contributed by atoms with E-state index in [9.17, 15) is 0 Å². The summed E-state index contributed by atoms with van der Waals surface area (Å²) in [6.45, 7) is 9.98. The van der Waals surface area contributed by atoms with Crippen molar-refractivity contribution in [3.63, 3.8) is 0 Å². The molecule has 122 valence electrons. The Kier molecular flexibility index (Phi) is 7.54. The summed E-state index contributed by atoms with van der Waals surface area (Å²) in [6.07, 6.45) is 9.43. The first-order valence-corrected chi connectivity index (χ1v) is 9.77. The Bertz CT molecular complexity index is 453. The lowest BCUT2D eigenvalue weighted by molar-refractivity contribution is 0.337. The minimum Gasteiger partial charge on any atom is -0.300 e. The first-order chi connectivity index (χ1) is 10.7. The Morgan fingerprint density at radius 1 is 1.09 bits per heavy atom. The van der Waals surface area contributed by atoms with Gasteiger partial charge in [-0.3, -0.25) is 0 Å². The fraction of sp³-hybridized carbons (Fsp3) is 0.600. The van der Waals surface area contributed by atoms with Gasteiger partial charge in [0.25, 0.3) is 0 Å². The highest BCUT2D eigenvalue weighted by molar-refractivity contribution is 8.00. The molecule has 0 spiro atoms. The first kappa shape index (κ1) is 17.6. The summed E-state index contributed by atoms with van der Waals surface area (Å²) in [6, 6.07) is 9.20. The average molecular weight is 318 g/mol. The number of likely N-dealkylation sites (N-methyl/N-ethyl adjacent to an activating group) is 1. The molecule has 22 heavy (non-hydrogen) atoms. The van der Waals surface area contributed by atoms with Crippen molar-refractivity contribution < 1.29 is 0 Å². The summed E-state index contributed by atoms with van der Waals surface area (Å²) < 4.78 is 0. The zero-order valence-electron chi connectivity index (χ0n) is 14.5. The topological polar surface area (TPSA) is 3.24 Å². The summed E-state index contributed by atoms with van der Waals surface area (Å²) in [7, 11) is 0. The Labute approximate surface area is 141 Å². The maximum atomic E-state index is 2.44. The maximum absolute atomic E-state index is 2.44. The highest BCUT2D eigenvalue weighted by atomic mass is 32.2. The third kappa shape index (κ3) is 5.48. The molecule has 2 rings (SSSR count). The van der Waals surface area contributed by atoms with E-state index in [2.05, 4.69) is 67.8 Å². The molecule has 1 fully saturated rings. The number of allylic oxidation sites excluding steroid dienone is 1. The predicted octanol–water partition coefficient (Wildman–Crippen LogP) is 5.86. The average Bonchev–Trinajstić information content (AvgIpc) is 2.57. The quantitative estimate of drug-likeness (QED) is 0.620. The third-order valence-electron chi connectivity index (χ3n) is 4.71. The van der Waals surface area contributed by atoms with Gasteiger partial charge in [0.1, 0.15) is 0 Å². The van der Waals surface area contributed by atoms with Crippen LogP contribution in [0.2, 0.25) is 0 Å². The number of hydrogen-bond acceptors (Lipinski definition) is 2. The molecule has 0 aromatic heterocycles. The lowest BCUT2D eigenvalue weighted by Crippen LogP contribution is -2.22. The molecule has 0 aliphatic heterocycles. The third-order valence-corrected chi connectivity index (χ3v) is 6.06. The van der Waals surface area contributed by atoms with Crippen molar-refractivity contribution in [1.82, 2.24) is 4.90 Å². The second-order valence-corrected chi connectivity index (χ2v) is 7.65. The second-order valence-electron chi connectivity index (χ2n) is 6.28. The molecule has 0 atom stereocenters. The number of thioether (sulfide) groups is 1. The Hall–Kier alpha value is -0.730. The van der Waals surface area contributed by atoms with Crippen molar-refractivity contribution in [3.8, 4) is 0 Å². The lowest BCUT2D eigenvalue weighted by atomic mass is 10.0. The molecule has 2 heteroatoms. The van der Waals surface area contributed by atoms with Crippen LogP contribution in [-0.4, -0.2) is 29.8 Å². The number of rotatable bonds is 7. The molecule has 0 heterocycles. The van der Waals surface area contributed by atoms with E-state index in [1.807, 2.05) is 0 Å². The van der Waals surface area contributed by atoms with Crippen molar-refractivity contribution in [1.29, 1.82) is 0 Å². The number of hydrogen-bond donors (Lipinski definition) is 0. The van der Waals surface area contributed by atoms with E-state index in [1.54, 1.807) is 0 Å². The Balaban J connectivity index is 1.91. The molecule has 1 saturated carbocycles. The fourth-order valence-corrected chi connectivity index (χ4v) is 4.28. The Morgan fingerprint density at radius 3 is 2.32 bits per heavy atom. The molecule has 0 amide bonds. The minimum atomic E-state index is 0.846. The van der Waals surface area contributed by atoms with Gasteiger partial charge >= 0.3 is 0 Å². The van der Waals surface area contributed by atoms with Crippen LogP contribution >= 0.6 is 11.8 Å². The van der Waals surface area contributed by atoms with Gasteiger partial charge in [0, 0.05) is 16.7 Å². The molecular weight excluding hydrogens is 286 g/mol. The van der Waals surface area contributed by atoms with Crippen LogP contribution in [0.5, 0.6) is 0 Å². The van der Waals surface area contributed by atoms with Gasteiger partial charge < -0.3 is 4.90 Å². The molecule has 1 aliphatic carbocycles. The van der Waals surface area contributed by atoms with Gasteiger partial charge in [-0.2, -0.15) is 0 Å². The molecule has 1 nitrogen and oxygen atoms in total. The van der Waals surface area contributed by atoms with Crippen molar-refractivity contribution in [2.45, 2.75) is 63.0 Å². The molecule has 0 saturated heterocycles. The second kappa shape index (κ2) is 9.42. The van der Waals surface area contributed by atoms with E-state index < -0.39 is 0 Å². The van der Waals surface area contributed by atoms with Gasteiger partial charge in [-0.15, -0.1) is 11.8 Å². The van der Waals surface area contributed by atoms with Crippen LogP contribution in [-0.2, 0) is 0 Å². The molecular formula is C20H31NS. The monoisotopic (exact) mass is 317 g/mol. The fourth-order valence-electron chi connectivity index (χ4n) is 3.04. The molecule has 1 aromatic rings. The van der Waals surface area contributed by atoms with Crippen LogP contribution < -0.4 is 0 Å². The van der Waals surface area contributed by atoms with E-state index in [0.717, 1.165) is 24.9 Å². The van der Waals surface area contributed by atoms with E-state index in [-0.39, 0.29) is 0 Å². The molecule has 1 aliphatic rings. The molecule has 0 bridgehead atoms. The Morgan fingerprint density at radius 2 is 1.73 bits per heavy atom. The molecule has 0 unspecified atom stereocenters. The largest absolute Gasteiger partial charge is 0.300 e. The van der Waals surface area contributed by atoms with Crippen molar-refractivity contribution in [3.05, 3.63) is 35.9 Å². The first-order valence-electron chi connectivity index (χ1n) is 8.89. The summed E-state index contributed by atoms with van der Waals surface area (Å²) in [5, 5.41) is 0.846. The molecule has 1 aromatic carbocycles. The van der Waals surface area contributed by atoms with Crippen LogP contribution in [0.3, 0.4) is 0 Å². The SMILES string of the molecule is CCN(CC)CC=C(C)c1ccc(SC2CCCCC2)cc1. The lowest BCUT2D eigenvalue weighted by Gasteiger charge is -2.21. The minimum absolute atomic E-state index is 0.846. The van der Waals surface area contributed by atoms with Crippen molar-refractivity contribution in [2.75, 3.05) is 19.6 Å². The smallest absolute Gasteiger partial charge is 0.0168 e. The van der Waals surface area contributed by atoms with E-state index in [1.165, 1.54) is 48.1 Å². The zero-order valence-corrected chi connectivity index (χ0v) is 15.3. The van der Waals surface area contributed by atoms with Crippen molar-refractivity contribution in [2.24, 2.45) is 0 Å². The van der Waals surface area contributed by atoms with Gasteiger partial charge in [-0.05, 0) is 56.1 Å². The zero-order chi connectivity index (χ0) is 15.8. The standard InChI is InChI=1S/C20H31NS/c1-4-21(5-2)16-15-17(3)18-11-13-20(14-12-18)22-19-9-7-6-8-10-19/h11-15,19H,4-10,16H2,1-3H3. The maximum Gasteiger partial charge on any atom is 0.0168 e. The van der Waals surface area contributed by atoms with Crippen LogP contribution in [0.25, 0.3) is 5.57 Å². The van der Waals surface area contributed by atoms with Gasteiger partial charge in [0.2, 0.25) is 0 Å². The van der Waals surface area contributed by atoms with Gasteiger partial charge in [-0.25, -0.2) is 0 Å². The van der Waals surface area contributed by atoms with Gasteiger partial charge in [0.05, 0.1) is 0 Å². The van der Waals surface area contributed by atoms with Crippen LogP contribution in [0.15, 0.2) is 35.2 Å². The summed E-state index contributed by atoms with van der Waals surface area (Å²) >= 11 is 2.08. The summed E-state index contributed by atoms with van der Waals surface area (Å²) in [4.78, 5) is 3.88. The van der Waals surface area contributed by atoms with Crippen LogP contribution in [0.1, 0.15) is 58.4 Å². The van der Waals surface area contributed by atoms with Gasteiger partial charge in [0.15, 0.2) is 0 Å². The molecule has 0 N–H and O–H groups in total. The molecule has 0 radical (unpaired) electrons. The van der Waals surface area contributed by atoms with Crippen LogP contribution in [0, 0.1) is 0 Å². The highest BCUT2D eigenvalue weighted by Gasteiger charge is 2.14. The van der Waals surface area contributed by atoms with Crippen molar-refractivity contribution >= 4 is 17.3 Å².